The Morgan fingerprint density at radius 1 is 1.04 bits per heavy atom. The molecule has 0 amide bonds. The molecule has 4 rings (SSSR count). The first-order valence-electron chi connectivity index (χ1n) is 6.96. The van der Waals surface area contributed by atoms with Gasteiger partial charge in [-0.3, -0.25) is 0 Å². The van der Waals surface area contributed by atoms with Crippen LogP contribution in [0.3, 0.4) is 0 Å². The fraction of sp³-hybridized carbons (Fsp3) is 0. The second-order valence-corrected chi connectivity index (χ2v) is 4.87. The first-order chi connectivity index (χ1) is 10.7. The van der Waals surface area contributed by atoms with E-state index in [9.17, 15) is 5.11 Å². The van der Waals surface area contributed by atoms with Crippen LogP contribution in [0.1, 0.15) is 5.56 Å². The van der Waals surface area contributed by atoms with Gasteiger partial charge in [0.1, 0.15) is 11.5 Å². The van der Waals surface area contributed by atoms with Crippen LogP contribution in [-0.4, -0.2) is 0 Å². The van der Waals surface area contributed by atoms with Crippen LogP contribution in [0.2, 0.25) is 0 Å². The average Bonchev–Trinajstić information content (AvgIpc) is 3.23. The number of rotatable bonds is 0. The molecule has 0 unspecified atom stereocenters. The molecular weight excluding hydrogens is 330 g/mol. The van der Waals surface area contributed by atoms with Crippen LogP contribution >= 0.6 is 0 Å². The Morgan fingerprint density at radius 2 is 1.74 bits per heavy atom. The number of hydrogen-bond donors (Lipinski definition) is 1. The van der Waals surface area contributed by atoms with Crippen LogP contribution < -0.4 is 15.6 Å². The molecule has 4 heteroatoms. The quantitative estimate of drug-likeness (QED) is 0.453. The Kier molecular flexibility index (Phi) is 5.58. The molecule has 2 aromatic rings. The maximum Gasteiger partial charge on any atom is 2.00 e. The van der Waals surface area contributed by atoms with Gasteiger partial charge in [-0.05, 0) is 18.2 Å². The molecule has 3 nitrogen and oxygen atoms in total. The van der Waals surface area contributed by atoms with Crippen molar-refractivity contribution in [2.75, 3.05) is 5.73 Å². The van der Waals surface area contributed by atoms with Crippen LogP contribution in [0.5, 0.6) is 5.75 Å². The normalized spacial score (nSPS) is 14.2. The first kappa shape index (κ1) is 16.8. The Hall–Kier alpha value is -2.55. The zero-order valence-electron chi connectivity index (χ0n) is 12.3. The predicted molar refractivity (Wildman–Crippen MR) is 86.8 cm³/mol. The summed E-state index contributed by atoms with van der Waals surface area (Å²) in [6, 6.07) is 15.1. The van der Waals surface area contributed by atoms with Gasteiger partial charge < -0.3 is 15.6 Å². The van der Waals surface area contributed by atoms with Crippen molar-refractivity contribution in [2.24, 2.45) is 0 Å². The third-order valence-electron chi connectivity index (χ3n) is 3.26. The molecule has 0 aromatic heterocycles. The van der Waals surface area contributed by atoms with Crippen molar-refractivity contribution in [1.82, 2.24) is 0 Å². The van der Waals surface area contributed by atoms with Gasteiger partial charge in [-0.25, -0.2) is 12.1 Å². The zero-order valence-corrected chi connectivity index (χ0v) is 13.4. The van der Waals surface area contributed by atoms with Crippen molar-refractivity contribution < 1.29 is 26.9 Å². The molecule has 116 valence electrons. The standard InChI is InChI=1S/C14H11NO2.C5H5.Fe/c15-10-5-6-11-12(16)8-13(17-14(11)7-10)9-3-1-2-4-9;1-2-4-5-3-1;/h1-8,16H,15H2;1-5H;/q;-1;+2/p-1. The Balaban J connectivity index is 0.000000276. The SMILES string of the molecule is Nc1ccc2c(c1)OC(=C1C=CC=C1)C=C2[O-].[Fe+2].c1cc[cH-]c1. The number of anilines is 1. The smallest absolute Gasteiger partial charge is 0.872 e. The molecule has 0 saturated carbocycles. The number of fused-ring (bicyclic) bond motifs is 1. The molecule has 0 radical (unpaired) electrons. The topological polar surface area (TPSA) is 58.3 Å². The molecule has 2 aromatic carbocycles. The predicted octanol–water partition coefficient (Wildman–Crippen LogP) is 3.15. The van der Waals surface area contributed by atoms with Crippen molar-refractivity contribution in [3.63, 3.8) is 0 Å². The largest absolute Gasteiger partial charge is 2.00 e. The van der Waals surface area contributed by atoms with Gasteiger partial charge in [0.2, 0.25) is 0 Å². The molecule has 0 fully saturated rings. The molecule has 0 spiro atoms. The van der Waals surface area contributed by atoms with E-state index in [1.54, 1.807) is 18.2 Å². The molecule has 0 atom stereocenters. The van der Waals surface area contributed by atoms with Gasteiger partial charge in [-0.2, -0.15) is 18.2 Å². The van der Waals surface area contributed by atoms with Gasteiger partial charge in [-0.1, -0.05) is 30.1 Å². The molecule has 0 bridgehead atoms. The van der Waals surface area contributed by atoms with E-state index in [1.807, 2.05) is 54.6 Å². The van der Waals surface area contributed by atoms with Gasteiger partial charge in [-0.15, -0.1) is 0 Å². The number of allylic oxidation sites excluding steroid dienone is 6. The van der Waals surface area contributed by atoms with Crippen molar-refractivity contribution >= 4 is 11.4 Å². The van der Waals surface area contributed by atoms with Crippen molar-refractivity contribution in [2.45, 2.75) is 0 Å². The molecule has 23 heavy (non-hydrogen) atoms. The monoisotopic (exact) mass is 345 g/mol. The summed E-state index contributed by atoms with van der Waals surface area (Å²) in [6.07, 6.45) is 9.11. The van der Waals surface area contributed by atoms with E-state index < -0.39 is 0 Å². The molecule has 1 aliphatic heterocycles. The summed E-state index contributed by atoms with van der Waals surface area (Å²) in [5.41, 5.74) is 7.71. The summed E-state index contributed by atoms with van der Waals surface area (Å²) in [5, 5.41) is 11.9. The minimum Gasteiger partial charge on any atom is -0.872 e. The van der Waals surface area contributed by atoms with Crippen LogP contribution in [0.4, 0.5) is 5.69 Å². The number of nitrogen functional groups attached to an aromatic ring is 1. The van der Waals surface area contributed by atoms with Crippen LogP contribution in [0.25, 0.3) is 5.76 Å². The second kappa shape index (κ2) is 7.63. The molecular formula is C19H15FeNO2. The van der Waals surface area contributed by atoms with E-state index in [-0.39, 0.29) is 22.8 Å². The van der Waals surface area contributed by atoms with E-state index in [2.05, 4.69) is 0 Å². The zero-order chi connectivity index (χ0) is 15.4. The summed E-state index contributed by atoms with van der Waals surface area (Å²) < 4.78 is 5.69. The van der Waals surface area contributed by atoms with E-state index in [0.29, 0.717) is 22.8 Å². The summed E-state index contributed by atoms with van der Waals surface area (Å²) in [4.78, 5) is 0. The molecule has 1 heterocycles. The van der Waals surface area contributed by atoms with E-state index in [4.69, 9.17) is 10.5 Å². The molecule has 0 saturated heterocycles. The summed E-state index contributed by atoms with van der Waals surface area (Å²) in [7, 11) is 0. The van der Waals surface area contributed by atoms with Crippen LogP contribution in [0, 0.1) is 0 Å². The number of hydrogen-bond acceptors (Lipinski definition) is 3. The number of nitrogens with two attached hydrogens (primary N) is 1. The third-order valence-corrected chi connectivity index (χ3v) is 3.26. The fourth-order valence-electron chi connectivity index (χ4n) is 2.17. The Labute approximate surface area is 145 Å². The fourth-order valence-corrected chi connectivity index (χ4v) is 2.17. The maximum absolute atomic E-state index is 11.9. The van der Waals surface area contributed by atoms with Crippen molar-refractivity contribution in [3.05, 3.63) is 95.8 Å². The average molecular weight is 345 g/mol. The van der Waals surface area contributed by atoms with Gasteiger partial charge >= 0.3 is 17.1 Å². The Morgan fingerprint density at radius 3 is 2.35 bits per heavy atom. The summed E-state index contributed by atoms with van der Waals surface area (Å²) in [6.45, 7) is 0. The van der Waals surface area contributed by atoms with Gasteiger partial charge in [0.05, 0.1) is 0 Å². The van der Waals surface area contributed by atoms with E-state index in [1.165, 1.54) is 6.08 Å². The summed E-state index contributed by atoms with van der Waals surface area (Å²) in [5.74, 6) is 1.04. The first-order valence-corrected chi connectivity index (χ1v) is 6.96. The number of ether oxygens (including phenoxy) is 1. The van der Waals surface area contributed by atoms with Gasteiger partial charge in [0.25, 0.3) is 0 Å². The Bertz CT molecular complexity index is 752. The minimum atomic E-state index is -0.0533. The molecule has 2 aliphatic rings. The van der Waals surface area contributed by atoms with E-state index >= 15 is 0 Å². The maximum atomic E-state index is 11.9. The van der Waals surface area contributed by atoms with Crippen LogP contribution in [0.15, 0.2) is 90.2 Å². The minimum absolute atomic E-state index is 0. The third kappa shape index (κ3) is 4.01. The molecule has 2 N–H and O–H groups in total. The van der Waals surface area contributed by atoms with E-state index in [0.717, 1.165) is 5.57 Å². The van der Waals surface area contributed by atoms with Gasteiger partial charge in [0, 0.05) is 22.9 Å². The van der Waals surface area contributed by atoms with Gasteiger partial charge in [0.15, 0.2) is 0 Å². The second-order valence-electron chi connectivity index (χ2n) is 4.87. The van der Waals surface area contributed by atoms with Crippen molar-refractivity contribution in [3.8, 4) is 5.75 Å². The van der Waals surface area contributed by atoms with Crippen molar-refractivity contribution in [1.29, 1.82) is 0 Å². The summed E-state index contributed by atoms with van der Waals surface area (Å²) >= 11 is 0. The molecule has 1 aliphatic carbocycles. The number of benzene rings is 1. The van der Waals surface area contributed by atoms with Crippen LogP contribution in [-0.2, 0) is 17.1 Å².